The molecule has 1 aliphatic heterocycles. The molecule has 0 aromatic carbocycles. The minimum atomic E-state index is 0.234. The van der Waals surface area contributed by atoms with Crippen molar-refractivity contribution in [1.29, 1.82) is 0 Å². The summed E-state index contributed by atoms with van der Waals surface area (Å²) in [4.78, 5) is 0. The van der Waals surface area contributed by atoms with Gasteiger partial charge in [-0.1, -0.05) is 12.5 Å². The fourth-order valence-corrected chi connectivity index (χ4v) is 1.25. The molecule has 0 amide bonds. The van der Waals surface area contributed by atoms with E-state index in [0.717, 1.165) is 6.54 Å². The summed E-state index contributed by atoms with van der Waals surface area (Å²) in [6.45, 7) is 7.16. The van der Waals surface area contributed by atoms with E-state index in [4.69, 9.17) is 0 Å². The van der Waals surface area contributed by atoms with Crippen molar-refractivity contribution in [2.75, 3.05) is 6.54 Å². The zero-order valence-corrected chi connectivity index (χ0v) is 6.11. The van der Waals surface area contributed by atoms with E-state index < -0.39 is 0 Å². The van der Waals surface area contributed by atoms with Crippen LogP contribution in [0.2, 0.25) is 0 Å². The van der Waals surface area contributed by atoms with Crippen molar-refractivity contribution in [2.45, 2.75) is 31.7 Å². The van der Waals surface area contributed by atoms with Crippen LogP contribution in [0, 0.1) is 0 Å². The van der Waals surface area contributed by atoms with E-state index in [1.807, 2.05) is 6.08 Å². The molecule has 0 aromatic rings. The Morgan fingerprint density at radius 2 is 2.33 bits per heavy atom. The molecular weight excluding hydrogens is 110 g/mol. The Labute approximate surface area is 57.1 Å². The predicted molar refractivity (Wildman–Crippen MR) is 40.5 cm³/mol. The fraction of sp³-hybridized carbons (Fsp3) is 0.750. The van der Waals surface area contributed by atoms with Crippen LogP contribution in [0.25, 0.3) is 0 Å². The van der Waals surface area contributed by atoms with Gasteiger partial charge >= 0.3 is 0 Å². The summed E-state index contributed by atoms with van der Waals surface area (Å²) >= 11 is 0. The lowest BCUT2D eigenvalue weighted by Crippen LogP contribution is -2.43. The maximum absolute atomic E-state index is 3.79. The average molecular weight is 125 g/mol. The normalized spacial score (nSPS) is 36.1. The van der Waals surface area contributed by atoms with Crippen molar-refractivity contribution in [3.05, 3.63) is 12.7 Å². The lowest BCUT2D eigenvalue weighted by atomic mass is 9.91. The minimum absolute atomic E-state index is 0.234. The quantitative estimate of drug-likeness (QED) is 0.526. The summed E-state index contributed by atoms with van der Waals surface area (Å²) < 4.78 is 0. The maximum Gasteiger partial charge on any atom is 0.0333 e. The Morgan fingerprint density at radius 1 is 1.56 bits per heavy atom. The molecule has 1 unspecified atom stereocenters. The molecule has 9 heavy (non-hydrogen) atoms. The molecule has 52 valence electrons. The molecule has 0 aliphatic carbocycles. The van der Waals surface area contributed by atoms with Crippen molar-refractivity contribution in [3.8, 4) is 0 Å². The number of piperidine rings is 1. The Kier molecular flexibility index (Phi) is 1.91. The topological polar surface area (TPSA) is 12.0 Å². The van der Waals surface area contributed by atoms with Gasteiger partial charge in [0.15, 0.2) is 0 Å². The van der Waals surface area contributed by atoms with Crippen LogP contribution in [-0.2, 0) is 0 Å². The highest BCUT2D eigenvalue weighted by molar-refractivity contribution is 5.00. The summed E-state index contributed by atoms with van der Waals surface area (Å²) in [5.41, 5.74) is 0.234. The molecule has 1 N–H and O–H groups in total. The molecule has 1 nitrogen and oxygen atoms in total. The van der Waals surface area contributed by atoms with Crippen LogP contribution in [0.1, 0.15) is 26.2 Å². The Hall–Kier alpha value is -0.300. The van der Waals surface area contributed by atoms with E-state index in [1.165, 1.54) is 19.3 Å². The molecule has 1 fully saturated rings. The Morgan fingerprint density at radius 3 is 2.67 bits per heavy atom. The smallest absolute Gasteiger partial charge is 0.0333 e. The number of hydrogen-bond donors (Lipinski definition) is 1. The number of rotatable bonds is 1. The molecule has 1 heterocycles. The van der Waals surface area contributed by atoms with Crippen LogP contribution in [0.15, 0.2) is 12.7 Å². The van der Waals surface area contributed by atoms with Crippen molar-refractivity contribution in [2.24, 2.45) is 0 Å². The van der Waals surface area contributed by atoms with E-state index in [0.29, 0.717) is 0 Å². The van der Waals surface area contributed by atoms with E-state index in [9.17, 15) is 0 Å². The molecule has 1 rings (SSSR count). The SMILES string of the molecule is C=CC1(C)CCCCN1. The molecule has 0 radical (unpaired) electrons. The van der Waals surface area contributed by atoms with Crippen molar-refractivity contribution in [1.82, 2.24) is 5.32 Å². The molecular formula is C8H15N. The first-order chi connectivity index (χ1) is 4.27. The van der Waals surface area contributed by atoms with E-state index in [2.05, 4.69) is 18.8 Å². The van der Waals surface area contributed by atoms with Gasteiger partial charge in [-0.05, 0) is 26.3 Å². The third kappa shape index (κ3) is 1.55. The van der Waals surface area contributed by atoms with E-state index >= 15 is 0 Å². The van der Waals surface area contributed by atoms with Crippen molar-refractivity contribution >= 4 is 0 Å². The summed E-state index contributed by atoms with van der Waals surface area (Å²) in [6, 6.07) is 0. The van der Waals surface area contributed by atoms with Crippen molar-refractivity contribution in [3.63, 3.8) is 0 Å². The molecule has 1 atom stereocenters. The van der Waals surface area contributed by atoms with Crippen LogP contribution < -0.4 is 5.32 Å². The Bertz CT molecular complexity index is 101. The van der Waals surface area contributed by atoms with Crippen LogP contribution in [0.5, 0.6) is 0 Å². The van der Waals surface area contributed by atoms with Gasteiger partial charge in [-0.15, -0.1) is 6.58 Å². The number of hydrogen-bond acceptors (Lipinski definition) is 1. The molecule has 0 spiro atoms. The minimum Gasteiger partial charge on any atom is -0.308 e. The van der Waals surface area contributed by atoms with E-state index in [1.54, 1.807) is 0 Å². The second kappa shape index (κ2) is 2.53. The standard InChI is InChI=1S/C8H15N/c1-3-8(2)6-4-5-7-9-8/h3,9H,1,4-7H2,2H3. The average Bonchev–Trinajstić information content (AvgIpc) is 1.90. The third-order valence-electron chi connectivity index (χ3n) is 2.10. The highest BCUT2D eigenvalue weighted by Crippen LogP contribution is 2.18. The third-order valence-corrected chi connectivity index (χ3v) is 2.10. The summed E-state index contributed by atoms with van der Waals surface area (Å²) in [6.07, 6.45) is 5.93. The van der Waals surface area contributed by atoms with Crippen LogP contribution in [0.3, 0.4) is 0 Å². The lowest BCUT2D eigenvalue weighted by molar-refractivity contribution is 0.341. The fourth-order valence-electron chi connectivity index (χ4n) is 1.25. The molecule has 1 aliphatic rings. The second-order valence-electron chi connectivity index (χ2n) is 3.01. The van der Waals surface area contributed by atoms with Crippen LogP contribution in [-0.4, -0.2) is 12.1 Å². The van der Waals surface area contributed by atoms with Gasteiger partial charge < -0.3 is 5.32 Å². The van der Waals surface area contributed by atoms with Gasteiger partial charge in [0.1, 0.15) is 0 Å². The zero-order valence-electron chi connectivity index (χ0n) is 6.11. The first-order valence-electron chi connectivity index (χ1n) is 3.65. The predicted octanol–water partition coefficient (Wildman–Crippen LogP) is 1.70. The molecule has 1 saturated heterocycles. The summed E-state index contributed by atoms with van der Waals surface area (Å²) in [5.74, 6) is 0. The molecule has 0 saturated carbocycles. The van der Waals surface area contributed by atoms with Crippen LogP contribution >= 0.6 is 0 Å². The summed E-state index contributed by atoms with van der Waals surface area (Å²) in [7, 11) is 0. The van der Waals surface area contributed by atoms with Gasteiger partial charge in [-0.25, -0.2) is 0 Å². The summed E-state index contributed by atoms with van der Waals surface area (Å²) in [5, 5.41) is 3.43. The second-order valence-corrected chi connectivity index (χ2v) is 3.01. The highest BCUT2D eigenvalue weighted by Gasteiger charge is 2.21. The van der Waals surface area contributed by atoms with Gasteiger partial charge in [0.2, 0.25) is 0 Å². The van der Waals surface area contributed by atoms with Gasteiger partial charge in [-0.2, -0.15) is 0 Å². The Balaban J connectivity index is 2.46. The first kappa shape index (κ1) is 6.81. The first-order valence-corrected chi connectivity index (χ1v) is 3.65. The van der Waals surface area contributed by atoms with Gasteiger partial charge in [-0.3, -0.25) is 0 Å². The highest BCUT2D eigenvalue weighted by atomic mass is 15.0. The van der Waals surface area contributed by atoms with Gasteiger partial charge in [0.25, 0.3) is 0 Å². The van der Waals surface area contributed by atoms with Crippen LogP contribution in [0.4, 0.5) is 0 Å². The van der Waals surface area contributed by atoms with E-state index in [-0.39, 0.29) is 5.54 Å². The molecule has 0 bridgehead atoms. The van der Waals surface area contributed by atoms with Gasteiger partial charge in [0, 0.05) is 5.54 Å². The maximum atomic E-state index is 3.79. The zero-order chi connectivity index (χ0) is 6.74. The van der Waals surface area contributed by atoms with Gasteiger partial charge in [0.05, 0.1) is 0 Å². The molecule has 0 aromatic heterocycles. The largest absolute Gasteiger partial charge is 0.308 e. The lowest BCUT2D eigenvalue weighted by Gasteiger charge is -2.31. The monoisotopic (exact) mass is 125 g/mol. The van der Waals surface area contributed by atoms with Crippen molar-refractivity contribution < 1.29 is 0 Å². The molecule has 1 heteroatoms. The number of nitrogens with one attached hydrogen (secondary N) is 1.